The van der Waals surface area contributed by atoms with E-state index < -0.39 is 5.60 Å². The van der Waals surface area contributed by atoms with Crippen LogP contribution in [0, 0.1) is 6.92 Å². The Balaban J connectivity index is 1.46. The molecule has 0 radical (unpaired) electrons. The van der Waals surface area contributed by atoms with Crippen LogP contribution < -0.4 is 10.1 Å². The first-order valence-corrected chi connectivity index (χ1v) is 10.7. The predicted molar refractivity (Wildman–Crippen MR) is 117 cm³/mol. The van der Waals surface area contributed by atoms with Gasteiger partial charge in [0.1, 0.15) is 17.5 Å². The van der Waals surface area contributed by atoms with Crippen molar-refractivity contribution in [2.45, 2.75) is 64.7 Å². The zero-order chi connectivity index (χ0) is 22.0. The summed E-state index contributed by atoms with van der Waals surface area (Å²) in [5.74, 6) is 1.61. The van der Waals surface area contributed by atoms with Gasteiger partial charge >= 0.3 is 6.09 Å². The Labute approximate surface area is 182 Å². The van der Waals surface area contributed by atoms with Crippen LogP contribution in [0.25, 0.3) is 5.95 Å². The highest BCUT2D eigenvalue weighted by molar-refractivity contribution is 5.69. The fourth-order valence-corrected chi connectivity index (χ4v) is 3.47. The van der Waals surface area contributed by atoms with Crippen LogP contribution in [-0.4, -0.2) is 61.6 Å². The van der Waals surface area contributed by atoms with Crippen LogP contribution in [0.4, 0.5) is 10.6 Å². The summed E-state index contributed by atoms with van der Waals surface area (Å²) in [7, 11) is 0. The molecule has 3 heterocycles. The van der Waals surface area contributed by atoms with Gasteiger partial charge < -0.3 is 19.7 Å². The van der Waals surface area contributed by atoms with E-state index in [1.54, 1.807) is 9.58 Å². The topological polar surface area (TPSA) is 94.4 Å². The third-order valence-electron chi connectivity index (χ3n) is 5.03. The lowest BCUT2D eigenvalue weighted by Crippen LogP contribution is -2.57. The number of rotatable bonds is 5. The summed E-state index contributed by atoms with van der Waals surface area (Å²) in [5, 5.41) is 7.91. The maximum absolute atomic E-state index is 12.2. The molecule has 2 aromatic heterocycles. The van der Waals surface area contributed by atoms with Gasteiger partial charge in [0.25, 0.3) is 5.95 Å². The number of allylic oxidation sites excluding steroid dienone is 1. The number of nitrogens with zero attached hydrogens (tertiary/aromatic N) is 5. The van der Waals surface area contributed by atoms with Crippen LogP contribution >= 0.6 is 0 Å². The molecule has 31 heavy (non-hydrogen) atoms. The van der Waals surface area contributed by atoms with Gasteiger partial charge in [-0.05, 0) is 53.0 Å². The highest BCUT2D eigenvalue weighted by Crippen LogP contribution is 2.24. The minimum Gasteiger partial charge on any atom is -0.470 e. The number of aryl methyl sites for hydroxylation is 1. The fraction of sp³-hybridized carbons (Fsp3) is 0.545. The molecule has 4 rings (SSSR count). The quantitative estimate of drug-likeness (QED) is 0.731. The maximum Gasteiger partial charge on any atom is 0.410 e. The van der Waals surface area contributed by atoms with Gasteiger partial charge in [-0.3, -0.25) is 0 Å². The molecule has 1 N–H and O–H groups in total. The lowest BCUT2D eigenvalue weighted by molar-refractivity contribution is -0.0232. The van der Waals surface area contributed by atoms with Crippen LogP contribution in [0.1, 0.15) is 45.7 Å². The van der Waals surface area contributed by atoms with Crippen LogP contribution in [0.2, 0.25) is 0 Å². The molecule has 1 aliphatic carbocycles. The normalized spacial score (nSPS) is 19.1. The number of hydrogen-bond donors (Lipinski definition) is 1. The summed E-state index contributed by atoms with van der Waals surface area (Å²) in [5.41, 5.74) is 0.371. The fourth-order valence-electron chi connectivity index (χ4n) is 3.47. The van der Waals surface area contributed by atoms with Gasteiger partial charge in [0.05, 0.1) is 18.8 Å². The van der Waals surface area contributed by atoms with E-state index in [0.717, 1.165) is 25.0 Å². The number of nitrogens with one attached hydrogen (secondary N) is 1. The number of ether oxygens (including phenoxy) is 2. The summed E-state index contributed by atoms with van der Waals surface area (Å²) in [6, 6.07) is 4.04. The summed E-state index contributed by atoms with van der Waals surface area (Å²) in [6.07, 6.45) is 8.84. The van der Waals surface area contributed by atoms with Crippen molar-refractivity contribution >= 4 is 11.9 Å². The van der Waals surface area contributed by atoms with E-state index in [-0.39, 0.29) is 12.2 Å². The van der Waals surface area contributed by atoms with Crippen molar-refractivity contribution in [1.29, 1.82) is 0 Å². The highest BCUT2D eigenvalue weighted by atomic mass is 16.6. The van der Waals surface area contributed by atoms with E-state index in [9.17, 15) is 4.79 Å². The molecule has 1 fully saturated rings. The van der Waals surface area contributed by atoms with Crippen molar-refractivity contribution in [1.82, 2.24) is 24.6 Å². The number of hydrogen-bond acceptors (Lipinski definition) is 7. The van der Waals surface area contributed by atoms with Crippen molar-refractivity contribution in [3.63, 3.8) is 0 Å². The Morgan fingerprint density at radius 2 is 2.03 bits per heavy atom. The molecule has 9 nitrogen and oxygen atoms in total. The molecule has 166 valence electrons. The molecule has 1 aliphatic heterocycles. The molecule has 0 saturated carbocycles. The first kappa shape index (κ1) is 21.1. The summed E-state index contributed by atoms with van der Waals surface area (Å²) in [4.78, 5) is 23.0. The molecule has 1 amide bonds. The average Bonchev–Trinajstić information content (AvgIpc) is 3.10. The third-order valence-corrected chi connectivity index (χ3v) is 5.03. The van der Waals surface area contributed by atoms with Crippen LogP contribution in [0.15, 0.2) is 30.5 Å². The molecule has 1 atom stereocenters. The van der Waals surface area contributed by atoms with Crippen molar-refractivity contribution in [2.75, 3.05) is 18.4 Å². The van der Waals surface area contributed by atoms with Gasteiger partial charge in [0.2, 0.25) is 5.88 Å². The molecule has 1 unspecified atom stereocenters. The Morgan fingerprint density at radius 3 is 2.68 bits per heavy atom. The molecule has 0 aromatic carbocycles. The van der Waals surface area contributed by atoms with Crippen molar-refractivity contribution < 1.29 is 14.3 Å². The molecular formula is C22H30N6O3. The first-order valence-electron chi connectivity index (χ1n) is 10.7. The number of likely N-dealkylation sites (tertiary alicyclic amines) is 1. The minimum absolute atomic E-state index is 0.139. The van der Waals surface area contributed by atoms with E-state index in [1.165, 1.54) is 0 Å². The monoisotopic (exact) mass is 426 g/mol. The Morgan fingerprint density at radius 1 is 1.23 bits per heavy atom. The third kappa shape index (κ3) is 5.53. The smallest absolute Gasteiger partial charge is 0.410 e. The van der Waals surface area contributed by atoms with Gasteiger partial charge in [-0.25, -0.2) is 9.48 Å². The largest absolute Gasteiger partial charge is 0.470 e. The highest BCUT2D eigenvalue weighted by Gasteiger charge is 2.35. The lowest BCUT2D eigenvalue weighted by Gasteiger charge is -2.39. The molecular weight excluding hydrogens is 396 g/mol. The lowest BCUT2D eigenvalue weighted by atomic mass is 10.0. The van der Waals surface area contributed by atoms with Gasteiger partial charge in [-0.15, -0.1) is 0 Å². The van der Waals surface area contributed by atoms with E-state index in [4.69, 9.17) is 9.47 Å². The number of carbonyl (C=O) groups excluding carboxylic acids is 1. The molecule has 0 bridgehead atoms. The van der Waals surface area contributed by atoms with Gasteiger partial charge in [0.15, 0.2) is 0 Å². The molecule has 2 aromatic rings. The Hall–Kier alpha value is -3.10. The van der Waals surface area contributed by atoms with Crippen molar-refractivity contribution in [2.24, 2.45) is 0 Å². The summed E-state index contributed by atoms with van der Waals surface area (Å²) in [6.45, 7) is 8.42. The SMILES string of the molecule is Cc1ccn(-c2nc(NC3CC=CCC3)cc(OC3CN(C(=O)OC(C)(C)C)C3)n2)n1. The average molecular weight is 427 g/mol. The van der Waals surface area contributed by atoms with Gasteiger partial charge in [0, 0.05) is 18.3 Å². The maximum atomic E-state index is 12.2. The first-order chi connectivity index (χ1) is 14.7. The minimum atomic E-state index is -0.513. The van der Waals surface area contributed by atoms with E-state index in [0.29, 0.717) is 36.8 Å². The van der Waals surface area contributed by atoms with Crippen LogP contribution in [-0.2, 0) is 4.74 Å². The van der Waals surface area contributed by atoms with Crippen molar-refractivity contribution in [3.05, 3.63) is 36.2 Å². The number of carbonyl (C=O) groups is 1. The zero-order valence-corrected chi connectivity index (χ0v) is 18.5. The number of aromatic nitrogens is 4. The van der Waals surface area contributed by atoms with Gasteiger partial charge in [-0.2, -0.15) is 15.1 Å². The molecule has 1 saturated heterocycles. The van der Waals surface area contributed by atoms with Gasteiger partial charge in [-0.1, -0.05) is 12.2 Å². The van der Waals surface area contributed by atoms with E-state index in [1.807, 2.05) is 46.0 Å². The second-order valence-electron chi connectivity index (χ2n) is 9.04. The predicted octanol–water partition coefficient (Wildman–Crippen LogP) is 3.49. The number of anilines is 1. The Kier molecular flexibility index (Phi) is 5.84. The van der Waals surface area contributed by atoms with Crippen LogP contribution in [0.5, 0.6) is 5.88 Å². The van der Waals surface area contributed by atoms with Crippen molar-refractivity contribution in [3.8, 4) is 11.8 Å². The molecule has 0 spiro atoms. The zero-order valence-electron chi connectivity index (χ0n) is 18.5. The van der Waals surface area contributed by atoms with Crippen LogP contribution in [0.3, 0.4) is 0 Å². The summed E-state index contributed by atoms with van der Waals surface area (Å²) < 4.78 is 13.1. The second kappa shape index (κ2) is 8.56. The second-order valence-corrected chi connectivity index (χ2v) is 9.04. The number of amides is 1. The van der Waals surface area contributed by atoms with E-state index >= 15 is 0 Å². The standard InChI is InChI=1S/C22H30N6O3/c1-15-10-11-28(26-15)20-24-18(23-16-8-6-5-7-9-16)12-19(25-20)30-17-13-27(14-17)21(29)31-22(2,3)4/h5-6,10-12,16-17H,7-9,13-14H2,1-4H3,(H,23,24,25). The molecule has 9 heteroatoms. The molecule has 2 aliphatic rings. The Bertz CT molecular complexity index is 958. The summed E-state index contributed by atoms with van der Waals surface area (Å²) >= 11 is 0. The van der Waals surface area contributed by atoms with E-state index in [2.05, 4.69) is 32.5 Å².